The molecular weight excluding hydrogens is 159 g/mol. The molecule has 0 saturated carbocycles. The van der Waals surface area contributed by atoms with Gasteiger partial charge < -0.3 is 15.7 Å². The maximum absolute atomic E-state index is 13.4. The van der Waals surface area contributed by atoms with Crippen LogP contribution in [0, 0.1) is 0 Å². The van der Waals surface area contributed by atoms with E-state index in [1.807, 2.05) is 0 Å². The topological polar surface area (TPSA) is 49.5 Å². The molecule has 0 aromatic rings. The minimum absolute atomic E-state index is 0.344. The van der Waals surface area contributed by atoms with Crippen molar-refractivity contribution in [1.82, 2.24) is 4.90 Å². The van der Waals surface area contributed by atoms with Crippen LogP contribution in [0.25, 0.3) is 0 Å². The summed E-state index contributed by atoms with van der Waals surface area (Å²) in [7, 11) is 0. The van der Waals surface area contributed by atoms with E-state index in [2.05, 4.69) is 4.90 Å². The summed E-state index contributed by atoms with van der Waals surface area (Å²) in [5.41, 5.74) is 4.05. The number of nitrogens with zero attached hydrogens (tertiary/aromatic N) is 1. The van der Waals surface area contributed by atoms with Crippen LogP contribution >= 0.6 is 0 Å². The highest BCUT2D eigenvalue weighted by atomic mass is 19.1. The maximum Gasteiger partial charge on any atom is 0.136 e. The molecule has 0 radical (unpaired) electrons. The number of hydrogen-bond donors (Lipinski definition) is 2. The van der Waals surface area contributed by atoms with E-state index in [0.717, 1.165) is 6.54 Å². The minimum atomic E-state index is -1.33. The van der Waals surface area contributed by atoms with Gasteiger partial charge in [0, 0.05) is 26.2 Å². The fourth-order valence-corrected chi connectivity index (χ4v) is 1.52. The molecule has 1 rings (SSSR count). The molecule has 1 fully saturated rings. The first-order valence-electron chi connectivity index (χ1n) is 4.42. The zero-order valence-corrected chi connectivity index (χ0v) is 7.30. The number of aliphatic hydroxyl groups excluding tert-OH is 1. The zero-order valence-electron chi connectivity index (χ0n) is 7.30. The first-order chi connectivity index (χ1) is 5.70. The van der Waals surface area contributed by atoms with Gasteiger partial charge in [-0.1, -0.05) is 0 Å². The number of halogens is 1. The Balaban J connectivity index is 2.29. The van der Waals surface area contributed by atoms with Crippen molar-refractivity contribution in [3.05, 3.63) is 0 Å². The number of aliphatic hydroxyl groups is 1. The van der Waals surface area contributed by atoms with Gasteiger partial charge in [-0.2, -0.15) is 0 Å². The summed E-state index contributed by atoms with van der Waals surface area (Å²) in [6.07, 6.45) is 0.868. The van der Waals surface area contributed by atoms with Crippen molar-refractivity contribution >= 4 is 0 Å². The number of hydrogen-bond acceptors (Lipinski definition) is 3. The number of piperidine rings is 1. The third kappa shape index (κ3) is 2.40. The Morgan fingerprint density at radius 1 is 1.42 bits per heavy atom. The van der Waals surface area contributed by atoms with Gasteiger partial charge in [0.05, 0.1) is 6.61 Å². The third-order valence-corrected chi connectivity index (χ3v) is 2.48. The van der Waals surface area contributed by atoms with Crippen molar-refractivity contribution < 1.29 is 9.50 Å². The Bertz CT molecular complexity index is 135. The van der Waals surface area contributed by atoms with Crippen LogP contribution in [-0.2, 0) is 0 Å². The molecule has 0 amide bonds. The molecule has 0 aromatic heterocycles. The molecule has 0 aliphatic carbocycles. The first kappa shape index (κ1) is 9.89. The molecule has 1 aliphatic rings. The van der Waals surface area contributed by atoms with Gasteiger partial charge in [0.25, 0.3) is 0 Å². The van der Waals surface area contributed by atoms with Gasteiger partial charge in [-0.15, -0.1) is 0 Å². The summed E-state index contributed by atoms with van der Waals surface area (Å²) in [4.78, 5) is 2.13. The SMILES string of the molecule is NCCN1CCC(F)(CO)CC1. The van der Waals surface area contributed by atoms with E-state index in [9.17, 15) is 4.39 Å². The van der Waals surface area contributed by atoms with Crippen LogP contribution in [0.3, 0.4) is 0 Å². The fourth-order valence-electron chi connectivity index (χ4n) is 1.52. The third-order valence-electron chi connectivity index (χ3n) is 2.48. The Labute approximate surface area is 72.3 Å². The predicted molar refractivity (Wildman–Crippen MR) is 45.7 cm³/mol. The Hall–Kier alpha value is -0.190. The molecule has 1 aliphatic heterocycles. The average Bonchev–Trinajstić information content (AvgIpc) is 2.10. The molecule has 0 spiro atoms. The second-order valence-electron chi connectivity index (χ2n) is 3.44. The monoisotopic (exact) mass is 176 g/mol. The molecule has 1 heterocycles. The van der Waals surface area contributed by atoms with Crippen LogP contribution in [-0.4, -0.2) is 48.5 Å². The van der Waals surface area contributed by atoms with Crippen molar-refractivity contribution in [1.29, 1.82) is 0 Å². The highest BCUT2D eigenvalue weighted by Gasteiger charge is 2.33. The summed E-state index contributed by atoms with van der Waals surface area (Å²) in [6, 6.07) is 0. The number of nitrogens with two attached hydrogens (primary N) is 1. The molecule has 1 saturated heterocycles. The van der Waals surface area contributed by atoms with Crippen LogP contribution in [0.4, 0.5) is 4.39 Å². The van der Waals surface area contributed by atoms with Crippen molar-refractivity contribution in [2.75, 3.05) is 32.8 Å². The summed E-state index contributed by atoms with van der Waals surface area (Å²) < 4.78 is 13.4. The highest BCUT2D eigenvalue weighted by Crippen LogP contribution is 2.25. The summed E-state index contributed by atoms with van der Waals surface area (Å²) in [6.45, 7) is 2.55. The molecule has 12 heavy (non-hydrogen) atoms. The van der Waals surface area contributed by atoms with Gasteiger partial charge in [-0.05, 0) is 12.8 Å². The maximum atomic E-state index is 13.4. The molecule has 0 atom stereocenters. The van der Waals surface area contributed by atoms with Crippen molar-refractivity contribution in [2.24, 2.45) is 5.73 Å². The molecule has 72 valence electrons. The second kappa shape index (κ2) is 4.16. The fraction of sp³-hybridized carbons (Fsp3) is 1.00. The van der Waals surface area contributed by atoms with E-state index in [1.54, 1.807) is 0 Å². The molecular formula is C8H17FN2O. The normalized spacial score (nSPS) is 24.2. The lowest BCUT2D eigenvalue weighted by molar-refractivity contribution is 0.00963. The van der Waals surface area contributed by atoms with Gasteiger partial charge >= 0.3 is 0 Å². The number of likely N-dealkylation sites (tertiary alicyclic amines) is 1. The van der Waals surface area contributed by atoms with E-state index in [0.29, 0.717) is 32.5 Å². The van der Waals surface area contributed by atoms with E-state index in [4.69, 9.17) is 10.8 Å². The molecule has 0 unspecified atom stereocenters. The van der Waals surface area contributed by atoms with Gasteiger partial charge in [0.2, 0.25) is 0 Å². The van der Waals surface area contributed by atoms with Crippen LogP contribution in [0.1, 0.15) is 12.8 Å². The minimum Gasteiger partial charge on any atom is -0.393 e. The van der Waals surface area contributed by atoms with E-state index in [1.165, 1.54) is 0 Å². The largest absolute Gasteiger partial charge is 0.393 e. The molecule has 3 nitrogen and oxygen atoms in total. The van der Waals surface area contributed by atoms with Crippen LogP contribution in [0.15, 0.2) is 0 Å². The van der Waals surface area contributed by atoms with E-state index in [-0.39, 0.29) is 6.61 Å². The summed E-state index contributed by atoms with van der Waals surface area (Å²) >= 11 is 0. The lowest BCUT2D eigenvalue weighted by atomic mass is 9.94. The second-order valence-corrected chi connectivity index (χ2v) is 3.44. The predicted octanol–water partition coefficient (Wildman–Crippen LogP) is -0.259. The van der Waals surface area contributed by atoms with Gasteiger partial charge in [0.1, 0.15) is 5.67 Å². The zero-order chi connectivity index (χ0) is 9.03. The van der Waals surface area contributed by atoms with Crippen molar-refractivity contribution in [2.45, 2.75) is 18.5 Å². The van der Waals surface area contributed by atoms with Crippen LogP contribution < -0.4 is 5.73 Å². The lowest BCUT2D eigenvalue weighted by Crippen LogP contribution is -2.45. The average molecular weight is 176 g/mol. The van der Waals surface area contributed by atoms with Crippen molar-refractivity contribution in [3.8, 4) is 0 Å². The summed E-state index contributed by atoms with van der Waals surface area (Å²) in [5.74, 6) is 0. The first-order valence-corrected chi connectivity index (χ1v) is 4.42. The molecule has 3 N–H and O–H groups in total. The highest BCUT2D eigenvalue weighted by molar-refractivity contribution is 4.85. The van der Waals surface area contributed by atoms with E-state index >= 15 is 0 Å². The van der Waals surface area contributed by atoms with Gasteiger partial charge in [0.15, 0.2) is 0 Å². The quantitative estimate of drug-likeness (QED) is 0.623. The molecule has 4 heteroatoms. The van der Waals surface area contributed by atoms with Gasteiger partial charge in [-0.3, -0.25) is 0 Å². The van der Waals surface area contributed by atoms with Gasteiger partial charge in [-0.25, -0.2) is 4.39 Å². The van der Waals surface area contributed by atoms with Crippen LogP contribution in [0.5, 0.6) is 0 Å². The number of alkyl halides is 1. The Kier molecular flexibility index (Phi) is 3.43. The molecule has 0 aromatic carbocycles. The van der Waals surface area contributed by atoms with Crippen LogP contribution in [0.2, 0.25) is 0 Å². The standard InChI is InChI=1S/C8H17FN2O/c9-8(7-12)1-4-11(5-2-8)6-3-10/h12H,1-7,10H2. The summed E-state index contributed by atoms with van der Waals surface area (Å²) in [5, 5.41) is 8.75. The smallest absolute Gasteiger partial charge is 0.136 e. The molecule has 0 bridgehead atoms. The Morgan fingerprint density at radius 3 is 2.42 bits per heavy atom. The number of rotatable bonds is 3. The van der Waals surface area contributed by atoms with E-state index < -0.39 is 5.67 Å². The lowest BCUT2D eigenvalue weighted by Gasteiger charge is -2.34. The van der Waals surface area contributed by atoms with Crippen molar-refractivity contribution in [3.63, 3.8) is 0 Å². The Morgan fingerprint density at radius 2 is 2.00 bits per heavy atom.